The highest BCUT2D eigenvalue weighted by atomic mass is 28.4. The van der Waals surface area contributed by atoms with Crippen LogP contribution in [0.15, 0.2) is 18.2 Å². The van der Waals surface area contributed by atoms with E-state index in [9.17, 15) is 0 Å². The van der Waals surface area contributed by atoms with E-state index in [1.807, 2.05) is 0 Å². The first-order chi connectivity index (χ1) is 11.5. The lowest BCUT2D eigenvalue weighted by molar-refractivity contribution is 0.226. The number of rotatable bonds is 6. The normalized spacial score (nSPS) is 21.5. The molecule has 0 aliphatic carbocycles. The van der Waals surface area contributed by atoms with E-state index >= 15 is 0 Å². The summed E-state index contributed by atoms with van der Waals surface area (Å²) in [6.07, 6.45) is 3.56. The minimum atomic E-state index is -1.69. The standard InChI is InChI=1S/C22H39NOSi/c1-16(2)12-13-18-10-9-11-20-17(3)23-19(14-21(18)20)15-24-25(7,8)22(4,5)6/h9-11,16-17,19,23H,12-15H2,1-8H3/t17-,19+/m0/s1. The van der Waals surface area contributed by atoms with E-state index in [0.717, 1.165) is 18.9 Å². The summed E-state index contributed by atoms with van der Waals surface area (Å²) in [4.78, 5) is 0. The molecule has 25 heavy (non-hydrogen) atoms. The van der Waals surface area contributed by atoms with Crippen molar-refractivity contribution in [1.29, 1.82) is 0 Å². The fraction of sp³-hybridized carbons (Fsp3) is 0.727. The summed E-state index contributed by atoms with van der Waals surface area (Å²) in [6.45, 7) is 19.4. The Morgan fingerprint density at radius 3 is 2.52 bits per heavy atom. The monoisotopic (exact) mass is 361 g/mol. The van der Waals surface area contributed by atoms with E-state index in [1.165, 1.54) is 18.4 Å². The van der Waals surface area contributed by atoms with Crippen LogP contribution in [-0.2, 0) is 17.3 Å². The molecule has 1 N–H and O–H groups in total. The Hall–Kier alpha value is -0.643. The molecule has 1 aliphatic heterocycles. The van der Waals surface area contributed by atoms with Gasteiger partial charge < -0.3 is 9.74 Å². The summed E-state index contributed by atoms with van der Waals surface area (Å²) in [5.74, 6) is 0.757. The van der Waals surface area contributed by atoms with Crippen LogP contribution in [0.5, 0.6) is 0 Å². The Kier molecular flexibility index (Phi) is 6.56. The van der Waals surface area contributed by atoms with Gasteiger partial charge in [0.15, 0.2) is 8.32 Å². The van der Waals surface area contributed by atoms with Crippen molar-refractivity contribution < 1.29 is 4.43 Å². The van der Waals surface area contributed by atoms with Crippen LogP contribution in [0.3, 0.4) is 0 Å². The zero-order chi connectivity index (χ0) is 18.8. The average molecular weight is 362 g/mol. The maximum absolute atomic E-state index is 6.51. The van der Waals surface area contributed by atoms with E-state index in [-0.39, 0.29) is 5.04 Å². The first kappa shape index (κ1) is 20.7. The van der Waals surface area contributed by atoms with Crippen LogP contribution in [-0.4, -0.2) is 21.0 Å². The molecule has 0 unspecified atom stereocenters. The van der Waals surface area contributed by atoms with Gasteiger partial charge in [-0.2, -0.15) is 0 Å². The minimum Gasteiger partial charge on any atom is -0.415 e. The quantitative estimate of drug-likeness (QED) is 0.640. The molecular formula is C22H39NOSi. The van der Waals surface area contributed by atoms with Gasteiger partial charge in [0.2, 0.25) is 0 Å². The first-order valence-corrected chi connectivity index (χ1v) is 12.9. The molecule has 0 saturated heterocycles. The lowest BCUT2D eigenvalue weighted by Crippen LogP contribution is -2.47. The van der Waals surface area contributed by atoms with Crippen molar-refractivity contribution in [1.82, 2.24) is 5.32 Å². The van der Waals surface area contributed by atoms with E-state index in [4.69, 9.17) is 4.43 Å². The predicted octanol–water partition coefficient (Wildman–Crippen LogP) is 5.87. The van der Waals surface area contributed by atoms with Crippen molar-refractivity contribution in [2.45, 2.75) is 91.0 Å². The summed E-state index contributed by atoms with van der Waals surface area (Å²) in [5.41, 5.74) is 4.62. The number of nitrogens with one attached hydrogen (secondary N) is 1. The molecule has 0 aromatic heterocycles. The Bertz CT molecular complexity index is 574. The van der Waals surface area contributed by atoms with Gasteiger partial charge in [0.05, 0.1) is 0 Å². The van der Waals surface area contributed by atoms with Crippen molar-refractivity contribution in [3.63, 3.8) is 0 Å². The van der Waals surface area contributed by atoms with Crippen molar-refractivity contribution >= 4 is 8.32 Å². The van der Waals surface area contributed by atoms with Gasteiger partial charge in [0.1, 0.15) is 0 Å². The zero-order valence-corrected chi connectivity index (χ0v) is 18.7. The average Bonchev–Trinajstić information content (AvgIpc) is 2.50. The first-order valence-electron chi connectivity index (χ1n) is 10.0. The van der Waals surface area contributed by atoms with Gasteiger partial charge in [-0.15, -0.1) is 0 Å². The molecule has 0 saturated carbocycles. The van der Waals surface area contributed by atoms with Crippen LogP contribution in [0.25, 0.3) is 0 Å². The van der Waals surface area contributed by atoms with Crippen molar-refractivity contribution in [3.8, 4) is 0 Å². The van der Waals surface area contributed by atoms with Gasteiger partial charge in [-0.25, -0.2) is 0 Å². The fourth-order valence-corrected chi connectivity index (χ4v) is 4.42. The third-order valence-electron chi connectivity index (χ3n) is 6.15. The topological polar surface area (TPSA) is 21.3 Å². The maximum Gasteiger partial charge on any atom is 0.192 e. The Labute approximate surface area is 156 Å². The molecule has 0 fully saturated rings. The van der Waals surface area contributed by atoms with Gasteiger partial charge in [0, 0.05) is 18.7 Å². The minimum absolute atomic E-state index is 0.271. The smallest absolute Gasteiger partial charge is 0.192 e. The Balaban J connectivity index is 2.11. The summed E-state index contributed by atoms with van der Waals surface area (Å²) in [7, 11) is -1.69. The van der Waals surface area contributed by atoms with Crippen LogP contribution in [0.4, 0.5) is 0 Å². The highest BCUT2D eigenvalue weighted by molar-refractivity contribution is 6.74. The lowest BCUT2D eigenvalue weighted by atomic mass is 9.85. The largest absolute Gasteiger partial charge is 0.415 e. The predicted molar refractivity (Wildman–Crippen MR) is 112 cm³/mol. The number of benzene rings is 1. The van der Waals surface area contributed by atoms with Crippen LogP contribution in [0.1, 0.15) is 70.7 Å². The van der Waals surface area contributed by atoms with Gasteiger partial charge in [-0.1, -0.05) is 52.8 Å². The molecule has 1 aromatic rings. The molecule has 0 bridgehead atoms. The SMILES string of the molecule is CC(C)CCc1cccc2c1C[C@H](CO[Si](C)(C)C(C)(C)C)N[C@H]2C. The summed E-state index contributed by atoms with van der Waals surface area (Å²) in [6, 6.07) is 7.72. The summed E-state index contributed by atoms with van der Waals surface area (Å²) < 4.78 is 6.51. The molecule has 2 rings (SSSR count). The maximum atomic E-state index is 6.51. The Morgan fingerprint density at radius 2 is 1.92 bits per heavy atom. The zero-order valence-electron chi connectivity index (χ0n) is 17.7. The number of hydrogen-bond donors (Lipinski definition) is 1. The molecule has 0 spiro atoms. The molecule has 2 nitrogen and oxygen atoms in total. The third kappa shape index (κ3) is 5.18. The van der Waals surface area contributed by atoms with Gasteiger partial charge in [-0.05, 0) is 66.9 Å². The van der Waals surface area contributed by atoms with Gasteiger partial charge in [0.25, 0.3) is 0 Å². The molecule has 1 aromatic carbocycles. The van der Waals surface area contributed by atoms with Crippen LogP contribution in [0.2, 0.25) is 18.1 Å². The van der Waals surface area contributed by atoms with Gasteiger partial charge in [-0.3, -0.25) is 0 Å². The van der Waals surface area contributed by atoms with Crippen molar-refractivity contribution in [2.75, 3.05) is 6.61 Å². The van der Waals surface area contributed by atoms with E-state index in [0.29, 0.717) is 12.1 Å². The molecule has 0 amide bonds. The van der Waals surface area contributed by atoms with Gasteiger partial charge >= 0.3 is 0 Å². The molecule has 3 heteroatoms. The summed E-state index contributed by atoms with van der Waals surface area (Å²) in [5, 5.41) is 4.06. The highest BCUT2D eigenvalue weighted by Gasteiger charge is 2.38. The van der Waals surface area contributed by atoms with E-state index in [2.05, 4.69) is 78.2 Å². The number of aryl methyl sites for hydroxylation is 1. The van der Waals surface area contributed by atoms with Crippen molar-refractivity contribution in [3.05, 3.63) is 34.9 Å². The molecule has 1 aliphatic rings. The molecule has 2 atom stereocenters. The second-order valence-corrected chi connectivity index (χ2v) is 14.6. The highest BCUT2D eigenvalue weighted by Crippen LogP contribution is 2.37. The lowest BCUT2D eigenvalue weighted by Gasteiger charge is -2.39. The molecule has 142 valence electrons. The van der Waals surface area contributed by atoms with Crippen molar-refractivity contribution in [2.24, 2.45) is 5.92 Å². The van der Waals surface area contributed by atoms with E-state index < -0.39 is 8.32 Å². The van der Waals surface area contributed by atoms with Crippen LogP contribution >= 0.6 is 0 Å². The van der Waals surface area contributed by atoms with Crippen LogP contribution < -0.4 is 5.32 Å². The number of hydrogen-bond acceptors (Lipinski definition) is 2. The summed E-state index contributed by atoms with van der Waals surface area (Å²) >= 11 is 0. The molecule has 1 heterocycles. The molecule has 0 radical (unpaired) electrons. The Morgan fingerprint density at radius 1 is 1.24 bits per heavy atom. The second kappa shape index (κ2) is 7.94. The van der Waals surface area contributed by atoms with E-state index in [1.54, 1.807) is 11.1 Å². The second-order valence-electron chi connectivity index (χ2n) is 9.78. The number of fused-ring (bicyclic) bond motifs is 1. The van der Waals surface area contributed by atoms with Crippen LogP contribution in [0, 0.1) is 5.92 Å². The third-order valence-corrected chi connectivity index (χ3v) is 10.7. The molecular weight excluding hydrogens is 322 g/mol. The fourth-order valence-electron chi connectivity index (χ4n) is 3.37.